The Bertz CT molecular complexity index is 1200. The normalized spacial score (nSPS) is 21.4. The Morgan fingerprint density at radius 2 is 1.94 bits per heavy atom. The van der Waals surface area contributed by atoms with Crippen LogP contribution in [0, 0.1) is 12.4 Å². The summed E-state index contributed by atoms with van der Waals surface area (Å²) in [5.41, 5.74) is 2.71. The number of pyridine rings is 1. The molecule has 2 saturated heterocycles. The molecule has 0 spiro atoms. The molecule has 2 aromatic rings. The number of nitrogens with zero attached hydrogens (tertiary/aromatic N) is 4. The lowest BCUT2D eigenvalue weighted by Crippen LogP contribution is -2.52. The van der Waals surface area contributed by atoms with Crippen molar-refractivity contribution in [3.63, 3.8) is 0 Å². The molecular weight excluding hydrogens is 437 g/mol. The first-order chi connectivity index (χ1) is 16.4. The van der Waals surface area contributed by atoms with Gasteiger partial charge in [0.25, 0.3) is 11.7 Å². The average molecular weight is 461 g/mol. The smallest absolute Gasteiger partial charge is 0.269 e. The summed E-state index contributed by atoms with van der Waals surface area (Å²) in [6.07, 6.45) is 3.80. The van der Waals surface area contributed by atoms with Gasteiger partial charge in [0.15, 0.2) is 0 Å². The van der Waals surface area contributed by atoms with Crippen molar-refractivity contribution >= 4 is 23.5 Å². The third-order valence-electron chi connectivity index (χ3n) is 7.00. The number of fused-ring (bicyclic) bond motifs is 1. The van der Waals surface area contributed by atoms with Crippen LogP contribution in [0.25, 0.3) is 4.85 Å². The van der Waals surface area contributed by atoms with Crippen molar-refractivity contribution in [1.29, 1.82) is 0 Å². The molecule has 9 heteroatoms. The second-order valence-electron chi connectivity index (χ2n) is 9.12. The molecule has 174 valence electrons. The molecule has 8 nitrogen and oxygen atoms in total. The fourth-order valence-corrected chi connectivity index (χ4v) is 5.16. The highest BCUT2D eigenvalue weighted by atomic mass is 19.1. The molecule has 0 bridgehead atoms. The molecule has 1 N–H and O–H groups in total. The van der Waals surface area contributed by atoms with Crippen LogP contribution >= 0.6 is 0 Å². The number of piperidine rings is 2. The number of carbonyl (C=O) groups excluding carboxylic acids is 3. The number of rotatable bonds is 4. The van der Waals surface area contributed by atoms with Crippen molar-refractivity contribution in [2.45, 2.75) is 50.7 Å². The van der Waals surface area contributed by atoms with Crippen LogP contribution in [-0.2, 0) is 22.7 Å². The van der Waals surface area contributed by atoms with Crippen molar-refractivity contribution in [1.82, 2.24) is 20.1 Å². The maximum absolute atomic E-state index is 15.1. The first-order valence-electron chi connectivity index (χ1n) is 11.4. The fourth-order valence-electron chi connectivity index (χ4n) is 5.16. The fraction of sp³-hybridized carbons (Fsp3) is 0.400. The number of amides is 3. The quantitative estimate of drug-likeness (QED) is 0.559. The molecule has 4 heterocycles. The molecular formula is C25H24FN5O3. The third-order valence-corrected chi connectivity index (χ3v) is 7.00. The van der Waals surface area contributed by atoms with Crippen LogP contribution in [0.5, 0.6) is 0 Å². The van der Waals surface area contributed by atoms with E-state index in [1.54, 1.807) is 18.3 Å². The van der Waals surface area contributed by atoms with Gasteiger partial charge >= 0.3 is 0 Å². The van der Waals surface area contributed by atoms with Gasteiger partial charge in [-0.1, -0.05) is 18.7 Å². The Hall–Kier alpha value is -3.64. The Morgan fingerprint density at radius 1 is 1.15 bits per heavy atom. The topological polar surface area (TPSA) is 87.0 Å². The number of likely N-dealkylation sites (tertiary alicyclic amines) is 1. The van der Waals surface area contributed by atoms with Gasteiger partial charge < -0.3 is 9.74 Å². The van der Waals surface area contributed by atoms with Gasteiger partial charge in [-0.05, 0) is 61.5 Å². The zero-order valence-corrected chi connectivity index (χ0v) is 18.6. The van der Waals surface area contributed by atoms with Crippen LogP contribution in [0.15, 0.2) is 30.5 Å². The van der Waals surface area contributed by atoms with Crippen LogP contribution < -0.4 is 5.32 Å². The van der Waals surface area contributed by atoms with E-state index in [1.165, 1.54) is 11.0 Å². The zero-order chi connectivity index (χ0) is 23.8. The number of hydrogen-bond donors (Lipinski definition) is 1. The summed E-state index contributed by atoms with van der Waals surface area (Å²) in [6.45, 7) is 9.61. The molecule has 5 rings (SSSR count). The summed E-state index contributed by atoms with van der Waals surface area (Å²) in [7, 11) is 0. The number of carbonyl (C=O) groups is 3. The summed E-state index contributed by atoms with van der Waals surface area (Å²) >= 11 is 0. The van der Waals surface area contributed by atoms with Crippen molar-refractivity contribution < 1.29 is 18.8 Å². The Kier molecular flexibility index (Phi) is 5.84. The first-order valence-corrected chi connectivity index (χ1v) is 11.4. The van der Waals surface area contributed by atoms with Crippen LogP contribution in [0.1, 0.15) is 58.6 Å². The molecule has 34 heavy (non-hydrogen) atoms. The Balaban J connectivity index is 1.25. The Morgan fingerprint density at radius 3 is 2.62 bits per heavy atom. The molecule has 1 aromatic heterocycles. The van der Waals surface area contributed by atoms with E-state index in [0.717, 1.165) is 43.6 Å². The monoisotopic (exact) mass is 461 g/mol. The maximum atomic E-state index is 15.1. The minimum atomic E-state index is -0.703. The second-order valence-corrected chi connectivity index (χ2v) is 9.12. The van der Waals surface area contributed by atoms with Gasteiger partial charge in [-0.15, -0.1) is 4.98 Å². The molecule has 3 amide bonds. The van der Waals surface area contributed by atoms with Gasteiger partial charge in [0.1, 0.15) is 18.1 Å². The largest absolute Gasteiger partial charge is 0.361 e. The molecule has 0 radical (unpaired) electrons. The van der Waals surface area contributed by atoms with E-state index < -0.39 is 11.9 Å². The lowest BCUT2D eigenvalue weighted by Gasteiger charge is -2.32. The molecule has 1 atom stereocenters. The minimum Gasteiger partial charge on any atom is -0.361 e. The molecule has 3 aliphatic heterocycles. The second kappa shape index (κ2) is 8.95. The SMILES string of the molecule is [C-]#[N+]c1ccc(CN2CCC(c3cc4c(cc3F)C(=O)N(C3CCC(=O)NC3=O)C4)CC2)cn1. The lowest BCUT2D eigenvalue weighted by molar-refractivity contribution is -0.136. The zero-order valence-electron chi connectivity index (χ0n) is 18.6. The molecule has 0 aliphatic carbocycles. The molecule has 1 unspecified atom stereocenters. The van der Waals surface area contributed by atoms with Crippen LogP contribution in [0.3, 0.4) is 0 Å². The maximum Gasteiger partial charge on any atom is 0.269 e. The highest BCUT2D eigenvalue weighted by Crippen LogP contribution is 2.35. The van der Waals surface area contributed by atoms with Gasteiger partial charge in [0.05, 0.1) is 0 Å². The summed E-state index contributed by atoms with van der Waals surface area (Å²) in [4.78, 5) is 47.8. The van der Waals surface area contributed by atoms with Gasteiger partial charge in [0, 0.05) is 30.6 Å². The van der Waals surface area contributed by atoms with Crippen molar-refractivity contribution in [3.05, 3.63) is 70.0 Å². The number of hydrogen-bond acceptors (Lipinski definition) is 5. The van der Waals surface area contributed by atoms with E-state index in [2.05, 4.69) is 20.0 Å². The average Bonchev–Trinajstić information content (AvgIpc) is 3.15. The summed E-state index contributed by atoms with van der Waals surface area (Å²) < 4.78 is 15.1. The summed E-state index contributed by atoms with van der Waals surface area (Å²) in [5, 5.41) is 2.29. The number of imide groups is 1. The van der Waals surface area contributed by atoms with Gasteiger partial charge in [-0.25, -0.2) is 4.39 Å². The summed E-state index contributed by atoms with van der Waals surface area (Å²) in [6, 6.07) is 6.04. The highest BCUT2D eigenvalue weighted by molar-refractivity contribution is 6.05. The van der Waals surface area contributed by atoms with Gasteiger partial charge in [-0.2, -0.15) is 0 Å². The number of aromatic nitrogens is 1. The van der Waals surface area contributed by atoms with E-state index in [1.807, 2.05) is 6.07 Å². The van der Waals surface area contributed by atoms with E-state index in [4.69, 9.17) is 6.57 Å². The van der Waals surface area contributed by atoms with Crippen molar-refractivity contribution in [2.75, 3.05) is 13.1 Å². The number of nitrogens with one attached hydrogen (secondary N) is 1. The Labute approximate surface area is 196 Å². The van der Waals surface area contributed by atoms with Crippen LogP contribution in [-0.4, -0.2) is 51.6 Å². The minimum absolute atomic E-state index is 0.0592. The van der Waals surface area contributed by atoms with E-state index in [0.29, 0.717) is 16.9 Å². The van der Waals surface area contributed by atoms with Crippen LogP contribution in [0.4, 0.5) is 10.2 Å². The number of benzene rings is 1. The standard InChI is InChI=1S/C25H24FN5O3/c1-27-22-4-2-15(12-28-22)13-30-8-6-16(7-9-30)18-10-17-14-31(25(34)19(17)11-20(18)26)21-3-5-23(32)29-24(21)33/h2,4,10-12,16,21H,3,5-9,13-14H2,(H,29,32,33). The van der Waals surface area contributed by atoms with Gasteiger partial charge in [-0.3, -0.25) is 24.6 Å². The lowest BCUT2D eigenvalue weighted by atomic mass is 9.87. The van der Waals surface area contributed by atoms with E-state index >= 15 is 4.39 Å². The van der Waals surface area contributed by atoms with E-state index in [9.17, 15) is 14.4 Å². The summed E-state index contributed by atoms with van der Waals surface area (Å²) in [5.74, 6) is -1.10. The predicted molar refractivity (Wildman–Crippen MR) is 120 cm³/mol. The van der Waals surface area contributed by atoms with E-state index in [-0.39, 0.29) is 42.9 Å². The molecule has 3 aliphatic rings. The first kappa shape index (κ1) is 22.2. The van der Waals surface area contributed by atoms with Crippen molar-refractivity contribution in [3.8, 4) is 0 Å². The molecule has 0 saturated carbocycles. The predicted octanol–water partition coefficient (Wildman–Crippen LogP) is 2.91. The molecule has 2 fully saturated rings. The van der Waals surface area contributed by atoms with Crippen molar-refractivity contribution in [2.24, 2.45) is 0 Å². The number of halogens is 1. The third kappa shape index (κ3) is 4.17. The van der Waals surface area contributed by atoms with Gasteiger partial charge in [0.2, 0.25) is 11.8 Å². The molecule has 1 aromatic carbocycles. The highest BCUT2D eigenvalue weighted by Gasteiger charge is 2.40. The van der Waals surface area contributed by atoms with Crippen LogP contribution in [0.2, 0.25) is 0 Å².